The molecule has 0 spiro atoms. The normalized spacial score (nSPS) is 12.3. The summed E-state index contributed by atoms with van der Waals surface area (Å²) in [6, 6.07) is 11.7. The highest BCUT2D eigenvalue weighted by atomic mass is 35.5. The summed E-state index contributed by atoms with van der Waals surface area (Å²) in [5.41, 5.74) is 5.96. The molecule has 0 saturated heterocycles. The highest BCUT2D eigenvalue weighted by Gasteiger charge is 2.12. The Morgan fingerprint density at radius 2 is 1.82 bits per heavy atom. The Morgan fingerprint density at radius 1 is 1.07 bits per heavy atom. The van der Waals surface area contributed by atoms with E-state index in [1.165, 1.54) is 11.1 Å². The monoisotopic (exact) mass is 401 g/mol. The first kappa shape index (κ1) is 21.9. The number of aryl methyl sites for hydroxylation is 1. The molecule has 0 unspecified atom stereocenters. The van der Waals surface area contributed by atoms with Gasteiger partial charge in [-0.25, -0.2) is 0 Å². The topological polar surface area (TPSA) is 70.2 Å². The van der Waals surface area contributed by atoms with Gasteiger partial charge in [0.05, 0.1) is 0 Å². The summed E-state index contributed by atoms with van der Waals surface area (Å²) in [7, 11) is 0. The lowest BCUT2D eigenvalue weighted by Gasteiger charge is -2.12. The van der Waals surface area contributed by atoms with Crippen LogP contribution in [0.2, 0.25) is 0 Å². The molecule has 1 aliphatic rings. The van der Waals surface area contributed by atoms with Crippen molar-refractivity contribution in [3.63, 3.8) is 0 Å². The molecule has 0 saturated carbocycles. The van der Waals surface area contributed by atoms with Gasteiger partial charge in [-0.2, -0.15) is 0 Å². The minimum atomic E-state index is -0.114. The van der Waals surface area contributed by atoms with Gasteiger partial charge in [0.25, 0.3) is 5.91 Å². The second kappa shape index (κ2) is 9.71. The standard InChI is InChI=1S/C22H27N3O2.ClH/c1-14(2)8-21(26)25-20-7-6-17(9-15(20)3)22(27)24-11-16-4-5-18-12-23-13-19(18)10-16;/h4-7,9-10,14,23H,8,11-13H2,1-3H3,(H,24,27)(H,25,26);1H. The molecular weight excluding hydrogens is 374 g/mol. The van der Waals surface area contributed by atoms with Crippen LogP contribution in [0.25, 0.3) is 0 Å². The van der Waals surface area contributed by atoms with Crippen LogP contribution >= 0.6 is 12.4 Å². The van der Waals surface area contributed by atoms with Crippen molar-refractivity contribution < 1.29 is 9.59 Å². The molecule has 0 atom stereocenters. The molecule has 5 nitrogen and oxygen atoms in total. The number of carbonyl (C=O) groups is 2. The first-order valence-electron chi connectivity index (χ1n) is 9.42. The molecule has 0 aromatic heterocycles. The van der Waals surface area contributed by atoms with Crippen LogP contribution in [0.1, 0.15) is 52.9 Å². The molecule has 2 amide bonds. The summed E-state index contributed by atoms with van der Waals surface area (Å²) in [6.07, 6.45) is 0.484. The van der Waals surface area contributed by atoms with E-state index in [1.54, 1.807) is 12.1 Å². The first-order valence-corrected chi connectivity index (χ1v) is 9.42. The van der Waals surface area contributed by atoms with Gasteiger partial charge in [0.15, 0.2) is 0 Å². The van der Waals surface area contributed by atoms with Gasteiger partial charge in [-0.05, 0) is 53.3 Å². The number of benzene rings is 2. The minimum absolute atomic E-state index is 0. The summed E-state index contributed by atoms with van der Waals surface area (Å²) in [5, 5.41) is 9.21. The lowest BCUT2D eigenvalue weighted by molar-refractivity contribution is -0.116. The van der Waals surface area contributed by atoms with E-state index in [4.69, 9.17) is 0 Å². The Kier molecular flexibility index (Phi) is 7.61. The maximum atomic E-state index is 12.5. The lowest BCUT2D eigenvalue weighted by Crippen LogP contribution is -2.23. The third-order valence-corrected chi connectivity index (χ3v) is 4.71. The van der Waals surface area contributed by atoms with Gasteiger partial charge in [0, 0.05) is 37.3 Å². The van der Waals surface area contributed by atoms with E-state index < -0.39 is 0 Å². The van der Waals surface area contributed by atoms with E-state index in [-0.39, 0.29) is 24.2 Å². The number of halogens is 1. The molecular formula is C22H28ClN3O2. The van der Waals surface area contributed by atoms with E-state index in [2.05, 4.69) is 34.1 Å². The highest BCUT2D eigenvalue weighted by Crippen LogP contribution is 2.19. The van der Waals surface area contributed by atoms with Crippen molar-refractivity contribution in [3.05, 3.63) is 64.2 Å². The summed E-state index contributed by atoms with van der Waals surface area (Å²) in [6.45, 7) is 8.23. The van der Waals surface area contributed by atoms with Crippen LogP contribution in [0.5, 0.6) is 0 Å². The Bertz CT molecular complexity index is 865. The largest absolute Gasteiger partial charge is 0.348 e. The van der Waals surface area contributed by atoms with E-state index in [0.29, 0.717) is 24.4 Å². The fourth-order valence-corrected chi connectivity index (χ4v) is 3.26. The van der Waals surface area contributed by atoms with Crippen LogP contribution in [0.4, 0.5) is 5.69 Å². The maximum absolute atomic E-state index is 12.5. The van der Waals surface area contributed by atoms with Gasteiger partial charge in [0.2, 0.25) is 5.91 Å². The molecule has 3 N–H and O–H groups in total. The highest BCUT2D eigenvalue weighted by molar-refractivity contribution is 5.96. The number of hydrogen-bond donors (Lipinski definition) is 3. The van der Waals surface area contributed by atoms with Gasteiger partial charge in [-0.1, -0.05) is 32.0 Å². The van der Waals surface area contributed by atoms with E-state index in [1.807, 2.05) is 26.8 Å². The zero-order valence-electron chi connectivity index (χ0n) is 16.6. The average Bonchev–Trinajstić information content (AvgIpc) is 3.08. The Morgan fingerprint density at radius 3 is 2.54 bits per heavy atom. The summed E-state index contributed by atoms with van der Waals surface area (Å²) < 4.78 is 0. The van der Waals surface area contributed by atoms with E-state index in [0.717, 1.165) is 29.9 Å². The molecule has 28 heavy (non-hydrogen) atoms. The fourth-order valence-electron chi connectivity index (χ4n) is 3.26. The molecule has 1 aliphatic heterocycles. The third kappa shape index (κ3) is 5.57. The fraction of sp³-hybridized carbons (Fsp3) is 0.364. The van der Waals surface area contributed by atoms with Gasteiger partial charge in [0.1, 0.15) is 0 Å². The number of nitrogens with one attached hydrogen (secondary N) is 3. The van der Waals surface area contributed by atoms with E-state index >= 15 is 0 Å². The molecule has 2 aromatic carbocycles. The van der Waals surface area contributed by atoms with Crippen LogP contribution < -0.4 is 16.0 Å². The average molecular weight is 402 g/mol. The quantitative estimate of drug-likeness (QED) is 0.686. The minimum Gasteiger partial charge on any atom is -0.348 e. The maximum Gasteiger partial charge on any atom is 0.251 e. The second-order valence-electron chi connectivity index (χ2n) is 7.57. The Balaban J connectivity index is 0.00000280. The molecule has 0 aliphatic carbocycles. The van der Waals surface area contributed by atoms with Gasteiger partial charge in [-0.3, -0.25) is 9.59 Å². The van der Waals surface area contributed by atoms with Crippen LogP contribution in [0.3, 0.4) is 0 Å². The van der Waals surface area contributed by atoms with Crippen molar-refractivity contribution in [1.29, 1.82) is 0 Å². The third-order valence-electron chi connectivity index (χ3n) is 4.71. The predicted molar refractivity (Wildman–Crippen MR) is 115 cm³/mol. The van der Waals surface area contributed by atoms with Crippen molar-refractivity contribution in [2.45, 2.75) is 46.8 Å². The predicted octanol–water partition coefficient (Wildman–Crippen LogP) is 3.93. The number of carbonyl (C=O) groups excluding carboxylic acids is 2. The number of fused-ring (bicyclic) bond motifs is 1. The summed E-state index contributed by atoms with van der Waals surface area (Å²) in [4.78, 5) is 24.4. The SMILES string of the molecule is Cc1cc(C(=O)NCc2ccc3c(c2)CNC3)ccc1NC(=O)CC(C)C.Cl. The molecule has 1 heterocycles. The van der Waals surface area contributed by atoms with Gasteiger partial charge in [-0.15, -0.1) is 12.4 Å². The number of rotatable bonds is 6. The van der Waals surface area contributed by atoms with Crippen LogP contribution in [0.15, 0.2) is 36.4 Å². The zero-order chi connectivity index (χ0) is 19.4. The van der Waals surface area contributed by atoms with E-state index in [9.17, 15) is 9.59 Å². The van der Waals surface area contributed by atoms with Crippen molar-refractivity contribution in [2.24, 2.45) is 5.92 Å². The summed E-state index contributed by atoms with van der Waals surface area (Å²) >= 11 is 0. The number of amides is 2. The van der Waals surface area contributed by atoms with Crippen LogP contribution in [0, 0.1) is 12.8 Å². The zero-order valence-corrected chi connectivity index (χ0v) is 17.4. The molecule has 150 valence electrons. The second-order valence-corrected chi connectivity index (χ2v) is 7.57. The van der Waals surface area contributed by atoms with Crippen LogP contribution in [-0.4, -0.2) is 11.8 Å². The number of anilines is 1. The molecule has 0 bridgehead atoms. The molecule has 3 rings (SSSR count). The molecule has 0 fully saturated rings. The lowest BCUT2D eigenvalue weighted by atomic mass is 10.1. The van der Waals surface area contributed by atoms with Crippen molar-refractivity contribution >= 4 is 29.9 Å². The molecule has 0 radical (unpaired) electrons. The Hall–Kier alpha value is -2.37. The first-order chi connectivity index (χ1) is 12.9. The number of hydrogen-bond acceptors (Lipinski definition) is 3. The van der Waals surface area contributed by atoms with Gasteiger partial charge >= 0.3 is 0 Å². The smallest absolute Gasteiger partial charge is 0.251 e. The summed E-state index contributed by atoms with van der Waals surface area (Å²) in [5.74, 6) is 0.193. The molecule has 2 aromatic rings. The van der Waals surface area contributed by atoms with Crippen molar-refractivity contribution in [2.75, 3.05) is 5.32 Å². The van der Waals surface area contributed by atoms with Crippen LogP contribution in [-0.2, 0) is 24.4 Å². The van der Waals surface area contributed by atoms with Crippen molar-refractivity contribution in [3.8, 4) is 0 Å². The molecule has 6 heteroatoms. The Labute approximate surface area is 172 Å². The van der Waals surface area contributed by atoms with Crippen molar-refractivity contribution in [1.82, 2.24) is 10.6 Å². The van der Waals surface area contributed by atoms with Gasteiger partial charge < -0.3 is 16.0 Å².